The fourth-order valence-corrected chi connectivity index (χ4v) is 6.17. The van der Waals surface area contributed by atoms with Crippen LogP contribution in [-0.4, -0.2) is 47.9 Å². The summed E-state index contributed by atoms with van der Waals surface area (Å²) >= 11 is 0. The second-order valence-corrected chi connectivity index (χ2v) is 11.7. The van der Waals surface area contributed by atoms with Gasteiger partial charge in [-0.25, -0.2) is 5.09 Å². The van der Waals surface area contributed by atoms with Crippen molar-refractivity contribution in [1.82, 2.24) is 15.3 Å². The molecule has 0 radical (unpaired) electrons. The highest BCUT2D eigenvalue weighted by Crippen LogP contribution is 2.46. The van der Waals surface area contributed by atoms with Gasteiger partial charge in [0.1, 0.15) is 24.4 Å². The van der Waals surface area contributed by atoms with E-state index in [2.05, 4.69) is 30.5 Å². The lowest BCUT2D eigenvalue weighted by Crippen LogP contribution is -2.40. The molecule has 2 heterocycles. The molecule has 2 aliphatic rings. The molecule has 8 nitrogen and oxygen atoms in total. The van der Waals surface area contributed by atoms with Gasteiger partial charge < -0.3 is 24.2 Å². The molecule has 0 aromatic heterocycles. The van der Waals surface area contributed by atoms with E-state index in [0.29, 0.717) is 18.0 Å². The minimum Gasteiger partial charge on any atom is -0.433 e. The van der Waals surface area contributed by atoms with Gasteiger partial charge in [0, 0.05) is 17.8 Å². The molecule has 0 saturated carbocycles. The Kier molecular flexibility index (Phi) is 9.36. The maximum Gasteiger partial charge on any atom is 0.317 e. The van der Waals surface area contributed by atoms with Gasteiger partial charge >= 0.3 is 7.52 Å². The number of carbonyl (C=O) groups is 1. The van der Waals surface area contributed by atoms with E-state index in [1.54, 1.807) is 19.1 Å². The molecule has 5 atom stereocenters. The summed E-state index contributed by atoms with van der Waals surface area (Å²) in [7, 11) is -3.42. The Morgan fingerprint density at radius 3 is 2.66 bits per heavy atom. The fraction of sp³-hybridized carbons (Fsp3) is 0.500. The first kappa shape index (κ1) is 27.2. The number of para-hydroxylation sites is 1. The maximum atomic E-state index is 13.9. The topological polar surface area (TPSA) is 89.1 Å². The van der Waals surface area contributed by atoms with E-state index in [1.807, 2.05) is 49.2 Å². The van der Waals surface area contributed by atoms with Crippen molar-refractivity contribution in [3.63, 3.8) is 0 Å². The van der Waals surface area contributed by atoms with E-state index in [9.17, 15) is 9.36 Å². The average molecular weight is 504 g/mol. The number of hydrogen-bond donors (Lipinski definition) is 2. The Morgan fingerprint density at radius 1 is 1.29 bits per heavy atom. The molecule has 2 aliphatic heterocycles. The van der Waals surface area contributed by atoms with E-state index in [1.165, 1.54) is 0 Å². The lowest BCUT2D eigenvalue weighted by atomic mass is 10.0. The number of hydrogen-bond acceptors (Lipinski definition) is 7. The zero-order chi connectivity index (χ0) is 25.6. The monoisotopic (exact) mass is 503 g/mol. The van der Waals surface area contributed by atoms with Crippen molar-refractivity contribution < 1.29 is 23.4 Å². The van der Waals surface area contributed by atoms with Crippen molar-refractivity contribution in [3.05, 3.63) is 67.3 Å². The summed E-state index contributed by atoms with van der Waals surface area (Å²) in [5, 5.41) is 6.11. The molecule has 192 valence electrons. The number of ketones is 1. The minimum atomic E-state index is -3.42. The van der Waals surface area contributed by atoms with Crippen LogP contribution in [0.4, 0.5) is 0 Å². The predicted molar refractivity (Wildman–Crippen MR) is 138 cm³/mol. The molecule has 1 aromatic rings. The van der Waals surface area contributed by atoms with Crippen LogP contribution in [0, 0.1) is 5.92 Å². The molecular weight excluding hydrogens is 465 g/mol. The molecule has 1 saturated heterocycles. The molecular formula is C26H38N3O5P. The number of ether oxygens (including phenoxy) is 2. The largest absolute Gasteiger partial charge is 0.433 e. The Balaban J connectivity index is 1.65. The third-order valence-electron chi connectivity index (χ3n) is 5.95. The average Bonchev–Trinajstić information content (AvgIpc) is 3.17. The first-order valence-corrected chi connectivity index (χ1v) is 13.9. The van der Waals surface area contributed by atoms with Crippen LogP contribution in [0.3, 0.4) is 0 Å². The molecule has 1 fully saturated rings. The molecule has 9 heteroatoms. The number of nitrogens with one attached hydrogen (secondary N) is 2. The Morgan fingerprint density at radius 2 is 2.00 bits per heavy atom. The zero-order valence-corrected chi connectivity index (χ0v) is 22.0. The lowest BCUT2D eigenvalue weighted by molar-refractivity contribution is -0.126. The van der Waals surface area contributed by atoms with E-state index >= 15 is 0 Å². The number of allylic oxidation sites excluding steroid dienone is 1. The van der Waals surface area contributed by atoms with E-state index in [4.69, 9.17) is 14.0 Å². The van der Waals surface area contributed by atoms with Gasteiger partial charge in [0.2, 0.25) is 0 Å². The number of rotatable bonds is 12. The number of benzene rings is 1. The van der Waals surface area contributed by atoms with Gasteiger partial charge in [0.25, 0.3) is 0 Å². The van der Waals surface area contributed by atoms with Crippen LogP contribution >= 0.6 is 7.52 Å². The summed E-state index contributed by atoms with van der Waals surface area (Å²) in [4.78, 5) is 14.5. The van der Waals surface area contributed by atoms with Crippen molar-refractivity contribution in [2.75, 3.05) is 12.8 Å². The smallest absolute Gasteiger partial charge is 0.317 e. The van der Waals surface area contributed by atoms with E-state index < -0.39 is 13.6 Å². The van der Waals surface area contributed by atoms with Gasteiger partial charge in [0.15, 0.2) is 5.78 Å². The Bertz CT molecular complexity index is 980. The summed E-state index contributed by atoms with van der Waals surface area (Å²) in [6.45, 7) is 15.5. The van der Waals surface area contributed by atoms with Gasteiger partial charge in [-0.2, -0.15) is 0 Å². The molecule has 2 N–H and O–H groups in total. The molecule has 0 spiro atoms. The summed E-state index contributed by atoms with van der Waals surface area (Å²) in [6.07, 6.45) is 5.00. The second kappa shape index (κ2) is 12.0. The third kappa shape index (κ3) is 7.80. The van der Waals surface area contributed by atoms with Crippen LogP contribution in [-0.2, 0) is 18.8 Å². The normalized spacial score (nSPS) is 24.8. The highest BCUT2D eigenvalue weighted by molar-refractivity contribution is 7.57. The van der Waals surface area contributed by atoms with Gasteiger partial charge in [-0.3, -0.25) is 9.36 Å². The van der Waals surface area contributed by atoms with Crippen molar-refractivity contribution in [2.45, 2.75) is 65.0 Å². The number of nitrogens with zero attached hydrogens (tertiary/aromatic N) is 1. The van der Waals surface area contributed by atoms with Gasteiger partial charge in [-0.15, -0.1) is 0 Å². The summed E-state index contributed by atoms with van der Waals surface area (Å²) in [5.41, 5.74) is 0.779. The van der Waals surface area contributed by atoms with Crippen molar-refractivity contribution in [3.8, 4) is 5.75 Å². The lowest BCUT2D eigenvalue weighted by Gasteiger charge is -2.34. The maximum absolute atomic E-state index is 13.9. The van der Waals surface area contributed by atoms with Crippen molar-refractivity contribution >= 4 is 13.3 Å². The molecule has 35 heavy (non-hydrogen) atoms. The van der Waals surface area contributed by atoms with E-state index in [0.717, 1.165) is 12.1 Å². The summed E-state index contributed by atoms with van der Waals surface area (Å²) < 4.78 is 31.6. The van der Waals surface area contributed by atoms with Crippen LogP contribution in [0.1, 0.15) is 40.5 Å². The number of Topliss-reactive ketones (excluding diaryl/α,β-unsaturated/α-hetero) is 1. The highest BCUT2D eigenvalue weighted by atomic mass is 31.2. The summed E-state index contributed by atoms with van der Waals surface area (Å²) in [6, 6.07) is 8.32. The molecule has 0 amide bonds. The first-order valence-electron chi connectivity index (χ1n) is 12.1. The van der Waals surface area contributed by atoms with Crippen molar-refractivity contribution in [1.29, 1.82) is 0 Å². The SMILES string of the molecule is C=C1C=CN(C2O[C@H](CCP(=O)(NC(C)C(=O)COC(C)C)Oc3ccccc3)C[C@@H]2C)C(=C)N1. The second-order valence-electron chi connectivity index (χ2n) is 9.45. The molecule has 0 bridgehead atoms. The van der Waals surface area contributed by atoms with Crippen LogP contribution < -0.4 is 14.9 Å². The zero-order valence-electron chi connectivity index (χ0n) is 21.1. The predicted octanol–water partition coefficient (Wildman–Crippen LogP) is 4.78. The molecule has 0 aliphatic carbocycles. The standard InChI is InChI=1S/C26H38N3O5P/c1-18(2)32-17-25(30)21(5)28-35(31,34-23-10-8-7-9-11-23)15-13-24-16-19(3)26(33-24)29-14-12-20(4)27-22(29)6/h7-12,14,18-19,21,24,26-27H,4,6,13,15-17H2,1-3,5H3,(H,28,31)/t19-,21?,24+,26?,35?/m0/s1. The molecule has 3 rings (SSSR count). The van der Waals surface area contributed by atoms with Gasteiger partial charge in [-0.05, 0) is 51.8 Å². The Hall–Kier alpha value is -2.38. The van der Waals surface area contributed by atoms with E-state index in [-0.39, 0.29) is 42.9 Å². The highest BCUT2D eigenvalue weighted by Gasteiger charge is 2.39. The third-order valence-corrected chi connectivity index (χ3v) is 8.09. The minimum absolute atomic E-state index is 0.0458. The number of carbonyl (C=O) groups excluding carboxylic acids is 1. The quantitative estimate of drug-likeness (QED) is 0.394. The van der Waals surface area contributed by atoms with Crippen LogP contribution in [0.15, 0.2) is 67.3 Å². The van der Waals surface area contributed by atoms with Crippen LogP contribution in [0.5, 0.6) is 5.75 Å². The van der Waals surface area contributed by atoms with Crippen molar-refractivity contribution in [2.24, 2.45) is 5.92 Å². The molecule has 1 aromatic carbocycles. The van der Waals surface area contributed by atoms with Gasteiger partial charge in [-0.1, -0.05) is 38.3 Å². The van der Waals surface area contributed by atoms with Crippen LogP contribution in [0.25, 0.3) is 0 Å². The first-order chi connectivity index (χ1) is 16.6. The Labute approximate surface area is 208 Å². The molecule has 3 unspecified atom stereocenters. The summed E-state index contributed by atoms with van der Waals surface area (Å²) in [5.74, 6) is 1.27. The fourth-order valence-electron chi connectivity index (χ4n) is 4.08. The van der Waals surface area contributed by atoms with Crippen LogP contribution in [0.2, 0.25) is 0 Å². The van der Waals surface area contributed by atoms with Gasteiger partial charge in [0.05, 0.1) is 24.4 Å².